The van der Waals surface area contributed by atoms with E-state index >= 15 is 0 Å². The fraction of sp³-hybridized carbons (Fsp3) is 0.250. The van der Waals surface area contributed by atoms with Gasteiger partial charge in [0.2, 0.25) is 0 Å². The van der Waals surface area contributed by atoms with Crippen molar-refractivity contribution in [3.63, 3.8) is 0 Å². The molecule has 6 nitrogen and oxygen atoms in total. The molecule has 0 fully saturated rings. The average Bonchev–Trinajstić information content (AvgIpc) is 3.01. The zero-order valence-corrected chi connectivity index (χ0v) is 14.4. The third-order valence-corrected chi connectivity index (χ3v) is 4.05. The molecule has 0 atom stereocenters. The van der Waals surface area contributed by atoms with Gasteiger partial charge in [-0.05, 0) is 55.3 Å². The number of hydrogen-bond donors (Lipinski definition) is 1. The summed E-state index contributed by atoms with van der Waals surface area (Å²) in [4.78, 5) is 35.3. The smallest absolute Gasteiger partial charge is 0.338 e. The lowest BCUT2D eigenvalue weighted by Crippen LogP contribution is -2.20. The standard InChI is InChI=1S/C20H19NO5/c1-2-25-20(24)14-3-7-15(8-4-14)21-19(23)12-26-16-9-5-13-6-10-18(22)17(13)11-16/h3-5,7-9,11H,2,6,10,12H2,1H3,(H,21,23). The number of esters is 1. The minimum atomic E-state index is -0.403. The molecule has 2 aromatic rings. The Bertz CT molecular complexity index is 842. The van der Waals surface area contributed by atoms with Crippen molar-refractivity contribution in [3.8, 4) is 5.75 Å². The van der Waals surface area contributed by atoms with Gasteiger partial charge in [-0.15, -0.1) is 0 Å². The molecule has 0 saturated heterocycles. The van der Waals surface area contributed by atoms with E-state index in [0.29, 0.717) is 35.6 Å². The van der Waals surface area contributed by atoms with Crippen molar-refractivity contribution in [2.45, 2.75) is 19.8 Å². The summed E-state index contributed by atoms with van der Waals surface area (Å²) in [7, 11) is 0. The number of amides is 1. The topological polar surface area (TPSA) is 81.7 Å². The summed E-state index contributed by atoms with van der Waals surface area (Å²) < 4.78 is 10.4. The summed E-state index contributed by atoms with van der Waals surface area (Å²) >= 11 is 0. The molecule has 0 aliphatic heterocycles. The number of nitrogens with one attached hydrogen (secondary N) is 1. The van der Waals surface area contributed by atoms with Gasteiger partial charge in [-0.1, -0.05) is 6.07 Å². The van der Waals surface area contributed by atoms with Crippen LogP contribution in [0.3, 0.4) is 0 Å². The highest BCUT2D eigenvalue weighted by Gasteiger charge is 2.19. The molecule has 1 aliphatic rings. The molecule has 0 heterocycles. The molecular weight excluding hydrogens is 334 g/mol. The van der Waals surface area contributed by atoms with Crippen LogP contribution in [0.15, 0.2) is 42.5 Å². The third-order valence-electron chi connectivity index (χ3n) is 4.05. The van der Waals surface area contributed by atoms with Crippen molar-refractivity contribution in [1.29, 1.82) is 0 Å². The first-order valence-corrected chi connectivity index (χ1v) is 8.43. The average molecular weight is 353 g/mol. The van der Waals surface area contributed by atoms with E-state index in [1.165, 1.54) is 0 Å². The molecule has 1 N–H and O–H groups in total. The van der Waals surface area contributed by atoms with Crippen LogP contribution in [0.2, 0.25) is 0 Å². The number of fused-ring (bicyclic) bond motifs is 1. The molecule has 1 aliphatic carbocycles. The lowest BCUT2D eigenvalue weighted by molar-refractivity contribution is -0.118. The number of hydrogen-bond acceptors (Lipinski definition) is 5. The van der Waals surface area contributed by atoms with E-state index in [0.717, 1.165) is 12.0 Å². The van der Waals surface area contributed by atoms with Gasteiger partial charge in [0.05, 0.1) is 12.2 Å². The molecule has 3 rings (SSSR count). The molecule has 0 unspecified atom stereocenters. The predicted octanol–water partition coefficient (Wildman–Crippen LogP) is 3.01. The normalized spacial score (nSPS) is 12.4. The quantitative estimate of drug-likeness (QED) is 0.808. The molecule has 134 valence electrons. The lowest BCUT2D eigenvalue weighted by atomic mass is 10.1. The summed E-state index contributed by atoms with van der Waals surface area (Å²) in [6, 6.07) is 11.7. The zero-order valence-electron chi connectivity index (χ0n) is 14.4. The van der Waals surface area contributed by atoms with Crippen LogP contribution in [-0.4, -0.2) is 30.9 Å². The molecule has 2 aromatic carbocycles. The van der Waals surface area contributed by atoms with Crippen molar-refractivity contribution in [1.82, 2.24) is 0 Å². The van der Waals surface area contributed by atoms with Crippen molar-refractivity contribution in [2.24, 2.45) is 0 Å². The molecule has 0 spiro atoms. The maximum Gasteiger partial charge on any atom is 0.338 e. The maximum absolute atomic E-state index is 12.0. The molecule has 6 heteroatoms. The fourth-order valence-corrected chi connectivity index (χ4v) is 2.76. The predicted molar refractivity (Wildman–Crippen MR) is 95.6 cm³/mol. The molecule has 0 bridgehead atoms. The first kappa shape index (κ1) is 17.7. The Morgan fingerprint density at radius 3 is 2.58 bits per heavy atom. The van der Waals surface area contributed by atoms with Gasteiger partial charge in [-0.25, -0.2) is 4.79 Å². The minimum absolute atomic E-state index is 0.108. The van der Waals surface area contributed by atoms with Gasteiger partial charge >= 0.3 is 5.97 Å². The Hall–Kier alpha value is -3.15. The number of rotatable bonds is 6. The number of carbonyl (C=O) groups is 3. The van der Waals surface area contributed by atoms with Gasteiger partial charge < -0.3 is 14.8 Å². The lowest BCUT2D eigenvalue weighted by Gasteiger charge is -2.09. The third kappa shape index (κ3) is 4.08. The van der Waals surface area contributed by atoms with E-state index in [9.17, 15) is 14.4 Å². The Labute approximate surface area is 151 Å². The highest BCUT2D eigenvalue weighted by Crippen LogP contribution is 2.26. The van der Waals surface area contributed by atoms with Gasteiger partial charge in [0, 0.05) is 17.7 Å². The van der Waals surface area contributed by atoms with Gasteiger partial charge in [-0.3, -0.25) is 9.59 Å². The Kier molecular flexibility index (Phi) is 5.31. The van der Waals surface area contributed by atoms with E-state index in [1.54, 1.807) is 43.3 Å². The van der Waals surface area contributed by atoms with Gasteiger partial charge in [-0.2, -0.15) is 0 Å². The monoisotopic (exact) mass is 353 g/mol. The van der Waals surface area contributed by atoms with Crippen LogP contribution in [-0.2, 0) is 16.0 Å². The van der Waals surface area contributed by atoms with Gasteiger partial charge in [0.15, 0.2) is 12.4 Å². The number of carbonyl (C=O) groups excluding carboxylic acids is 3. The number of aryl methyl sites for hydroxylation is 1. The SMILES string of the molecule is CCOC(=O)c1ccc(NC(=O)COc2ccc3c(c2)C(=O)CC3)cc1. The molecule has 0 radical (unpaired) electrons. The molecule has 0 saturated carbocycles. The van der Waals surface area contributed by atoms with Crippen LogP contribution >= 0.6 is 0 Å². The largest absolute Gasteiger partial charge is 0.484 e. The van der Waals surface area contributed by atoms with Crippen LogP contribution in [0.25, 0.3) is 0 Å². The highest BCUT2D eigenvalue weighted by atomic mass is 16.5. The van der Waals surface area contributed by atoms with E-state index in [-0.39, 0.29) is 18.3 Å². The van der Waals surface area contributed by atoms with E-state index in [4.69, 9.17) is 9.47 Å². The number of benzene rings is 2. The first-order valence-electron chi connectivity index (χ1n) is 8.43. The fourth-order valence-electron chi connectivity index (χ4n) is 2.76. The van der Waals surface area contributed by atoms with Crippen molar-refractivity contribution in [3.05, 3.63) is 59.2 Å². The summed E-state index contributed by atoms with van der Waals surface area (Å²) in [5, 5.41) is 2.69. The van der Waals surface area contributed by atoms with Crippen molar-refractivity contribution in [2.75, 3.05) is 18.5 Å². The van der Waals surface area contributed by atoms with E-state index < -0.39 is 5.97 Å². The molecule has 26 heavy (non-hydrogen) atoms. The van der Waals surface area contributed by atoms with Gasteiger partial charge in [0.1, 0.15) is 5.75 Å². The highest BCUT2D eigenvalue weighted by molar-refractivity contribution is 6.00. The summed E-state index contributed by atoms with van der Waals surface area (Å²) in [6.45, 7) is 1.87. The summed E-state index contributed by atoms with van der Waals surface area (Å²) in [5.41, 5.74) is 2.67. The van der Waals surface area contributed by atoms with Crippen LogP contribution in [0.1, 0.15) is 39.6 Å². The molecule has 0 aromatic heterocycles. The second kappa shape index (κ2) is 7.82. The summed E-state index contributed by atoms with van der Waals surface area (Å²) in [5.74, 6) is -0.135. The summed E-state index contributed by atoms with van der Waals surface area (Å²) in [6.07, 6.45) is 1.29. The van der Waals surface area contributed by atoms with Crippen molar-refractivity contribution >= 4 is 23.3 Å². The van der Waals surface area contributed by atoms with Crippen LogP contribution < -0.4 is 10.1 Å². The first-order chi connectivity index (χ1) is 12.6. The van der Waals surface area contributed by atoms with Crippen LogP contribution in [0, 0.1) is 0 Å². The second-order valence-corrected chi connectivity index (χ2v) is 5.88. The Morgan fingerprint density at radius 1 is 1.08 bits per heavy atom. The molecule has 1 amide bonds. The molecular formula is C20H19NO5. The van der Waals surface area contributed by atoms with Gasteiger partial charge in [0.25, 0.3) is 5.91 Å². The Morgan fingerprint density at radius 2 is 1.85 bits per heavy atom. The number of ether oxygens (including phenoxy) is 2. The second-order valence-electron chi connectivity index (χ2n) is 5.88. The van der Waals surface area contributed by atoms with Crippen LogP contribution in [0.5, 0.6) is 5.75 Å². The number of Topliss-reactive ketones (excluding diaryl/α,β-unsaturated/α-hetero) is 1. The maximum atomic E-state index is 12.0. The number of anilines is 1. The number of ketones is 1. The minimum Gasteiger partial charge on any atom is -0.484 e. The van der Waals surface area contributed by atoms with Crippen LogP contribution in [0.4, 0.5) is 5.69 Å². The Balaban J connectivity index is 1.54. The van der Waals surface area contributed by atoms with E-state index in [1.807, 2.05) is 6.07 Å². The zero-order chi connectivity index (χ0) is 18.5. The van der Waals surface area contributed by atoms with E-state index in [2.05, 4.69) is 5.32 Å². The van der Waals surface area contributed by atoms with Crippen molar-refractivity contribution < 1.29 is 23.9 Å².